The van der Waals surface area contributed by atoms with Gasteiger partial charge in [0.05, 0.1) is 0 Å². The lowest BCUT2D eigenvalue weighted by molar-refractivity contribution is 0.445. The lowest BCUT2D eigenvalue weighted by Gasteiger charge is -1.93. The Morgan fingerprint density at radius 1 is 1.30 bits per heavy atom. The first-order valence-electron chi connectivity index (χ1n) is 2.85. The van der Waals surface area contributed by atoms with Crippen molar-refractivity contribution in [2.45, 2.75) is 0 Å². The second kappa shape index (κ2) is 1.70. The smallest absolute Gasteiger partial charge is 0.236 e. The largest absolute Gasteiger partial charge is 0.494 e. The van der Waals surface area contributed by atoms with Gasteiger partial charge >= 0.3 is 0 Å². The standard InChI is InChI=1S/C6H5N3O/c10-5-1-2-7-6-8-3-4-9(5)6/h1-4,10H. The molecule has 0 unspecified atom stereocenters. The van der Waals surface area contributed by atoms with Gasteiger partial charge < -0.3 is 5.11 Å². The summed E-state index contributed by atoms with van der Waals surface area (Å²) in [5, 5.41) is 9.14. The van der Waals surface area contributed by atoms with E-state index in [0.29, 0.717) is 5.78 Å². The van der Waals surface area contributed by atoms with Crippen LogP contribution in [-0.4, -0.2) is 19.5 Å². The van der Waals surface area contributed by atoms with Crippen LogP contribution in [0.3, 0.4) is 0 Å². The number of nitrogens with zero attached hydrogens (tertiary/aromatic N) is 3. The van der Waals surface area contributed by atoms with Crippen molar-refractivity contribution in [1.29, 1.82) is 0 Å². The van der Waals surface area contributed by atoms with E-state index in [2.05, 4.69) is 9.97 Å². The van der Waals surface area contributed by atoms with Crippen molar-refractivity contribution in [1.82, 2.24) is 14.4 Å². The molecular weight excluding hydrogens is 130 g/mol. The van der Waals surface area contributed by atoms with E-state index in [1.807, 2.05) is 0 Å². The third kappa shape index (κ3) is 0.556. The summed E-state index contributed by atoms with van der Waals surface area (Å²) in [6.45, 7) is 0. The molecule has 2 aromatic rings. The van der Waals surface area contributed by atoms with E-state index in [4.69, 9.17) is 5.11 Å². The number of hydrogen-bond acceptors (Lipinski definition) is 3. The molecule has 0 saturated carbocycles. The normalized spacial score (nSPS) is 10.4. The summed E-state index contributed by atoms with van der Waals surface area (Å²) in [7, 11) is 0. The maximum Gasteiger partial charge on any atom is 0.236 e. The Morgan fingerprint density at radius 3 is 2.90 bits per heavy atom. The van der Waals surface area contributed by atoms with Crippen LogP contribution >= 0.6 is 0 Å². The molecule has 0 atom stereocenters. The summed E-state index contributed by atoms with van der Waals surface area (Å²) in [6.07, 6.45) is 4.75. The Kier molecular flexibility index (Phi) is 0.887. The van der Waals surface area contributed by atoms with Gasteiger partial charge in [0.1, 0.15) is 0 Å². The van der Waals surface area contributed by atoms with Crippen LogP contribution in [0.2, 0.25) is 0 Å². The average molecular weight is 135 g/mol. The molecule has 0 bridgehead atoms. The number of rotatable bonds is 0. The van der Waals surface area contributed by atoms with Crippen molar-refractivity contribution in [3.63, 3.8) is 0 Å². The van der Waals surface area contributed by atoms with Crippen molar-refractivity contribution in [2.75, 3.05) is 0 Å². The Bertz CT molecular complexity index is 355. The summed E-state index contributed by atoms with van der Waals surface area (Å²) in [5.74, 6) is 0.669. The predicted octanol–water partition coefficient (Wildman–Crippen LogP) is 0.435. The van der Waals surface area contributed by atoms with Gasteiger partial charge in [-0.2, -0.15) is 0 Å². The van der Waals surface area contributed by atoms with E-state index in [1.54, 1.807) is 12.4 Å². The van der Waals surface area contributed by atoms with Gasteiger partial charge in [0.2, 0.25) is 5.78 Å². The van der Waals surface area contributed by atoms with Crippen LogP contribution in [0, 0.1) is 0 Å². The SMILES string of the molecule is Oc1ccnc2nccn12. The van der Waals surface area contributed by atoms with Crippen molar-refractivity contribution in [3.8, 4) is 5.88 Å². The molecule has 0 aromatic carbocycles. The highest BCUT2D eigenvalue weighted by atomic mass is 16.3. The maximum atomic E-state index is 9.14. The molecule has 0 fully saturated rings. The fraction of sp³-hybridized carbons (Fsp3) is 0. The molecule has 0 aliphatic carbocycles. The number of hydrogen-bond donors (Lipinski definition) is 1. The van der Waals surface area contributed by atoms with E-state index in [9.17, 15) is 0 Å². The zero-order valence-corrected chi connectivity index (χ0v) is 5.10. The zero-order chi connectivity index (χ0) is 6.97. The van der Waals surface area contributed by atoms with Gasteiger partial charge in [0.25, 0.3) is 0 Å². The van der Waals surface area contributed by atoms with E-state index in [0.717, 1.165) is 0 Å². The monoisotopic (exact) mass is 135 g/mol. The van der Waals surface area contributed by atoms with Gasteiger partial charge in [-0.15, -0.1) is 0 Å². The van der Waals surface area contributed by atoms with Gasteiger partial charge in [-0.1, -0.05) is 0 Å². The first-order valence-corrected chi connectivity index (χ1v) is 2.85. The van der Waals surface area contributed by atoms with E-state index >= 15 is 0 Å². The molecule has 0 spiro atoms. The van der Waals surface area contributed by atoms with E-state index in [1.165, 1.54) is 16.7 Å². The molecule has 0 amide bonds. The number of aromatic nitrogens is 3. The third-order valence-corrected chi connectivity index (χ3v) is 1.28. The highest BCUT2D eigenvalue weighted by Gasteiger charge is 1.95. The zero-order valence-electron chi connectivity index (χ0n) is 5.10. The quantitative estimate of drug-likeness (QED) is 0.570. The topological polar surface area (TPSA) is 50.4 Å². The Morgan fingerprint density at radius 2 is 2.10 bits per heavy atom. The first-order chi connectivity index (χ1) is 4.88. The Balaban J connectivity index is 2.95. The molecule has 50 valence electrons. The van der Waals surface area contributed by atoms with Crippen molar-refractivity contribution < 1.29 is 5.11 Å². The van der Waals surface area contributed by atoms with Crippen LogP contribution < -0.4 is 0 Å². The summed E-state index contributed by atoms with van der Waals surface area (Å²) in [4.78, 5) is 7.77. The van der Waals surface area contributed by atoms with Crippen LogP contribution in [0.4, 0.5) is 0 Å². The summed E-state index contributed by atoms with van der Waals surface area (Å²) in [6, 6.07) is 1.51. The first kappa shape index (κ1) is 5.22. The molecule has 1 N–H and O–H groups in total. The molecule has 2 aromatic heterocycles. The fourth-order valence-electron chi connectivity index (χ4n) is 0.821. The van der Waals surface area contributed by atoms with Crippen LogP contribution in [0.5, 0.6) is 5.88 Å². The third-order valence-electron chi connectivity index (χ3n) is 1.28. The molecule has 4 nitrogen and oxygen atoms in total. The van der Waals surface area contributed by atoms with Crippen molar-refractivity contribution in [2.24, 2.45) is 0 Å². The van der Waals surface area contributed by atoms with Gasteiger partial charge in [0.15, 0.2) is 5.88 Å². The van der Waals surface area contributed by atoms with Crippen molar-refractivity contribution >= 4 is 5.78 Å². The minimum absolute atomic E-state index is 0.155. The predicted molar refractivity (Wildman–Crippen MR) is 34.7 cm³/mol. The summed E-state index contributed by atoms with van der Waals surface area (Å²) >= 11 is 0. The minimum atomic E-state index is 0.155. The molecule has 0 radical (unpaired) electrons. The molecule has 2 heterocycles. The molecule has 0 aliphatic heterocycles. The molecule has 2 rings (SSSR count). The molecule has 0 saturated heterocycles. The summed E-state index contributed by atoms with van der Waals surface area (Å²) in [5.41, 5.74) is 0. The molecular formula is C6H5N3O. The lowest BCUT2D eigenvalue weighted by Crippen LogP contribution is -1.85. The van der Waals surface area contributed by atoms with Gasteiger partial charge in [0, 0.05) is 24.7 Å². The maximum absolute atomic E-state index is 9.14. The van der Waals surface area contributed by atoms with E-state index < -0.39 is 0 Å². The molecule has 10 heavy (non-hydrogen) atoms. The lowest BCUT2D eigenvalue weighted by atomic mass is 10.6. The van der Waals surface area contributed by atoms with Crippen LogP contribution in [0.25, 0.3) is 5.78 Å². The van der Waals surface area contributed by atoms with Gasteiger partial charge in [-0.05, 0) is 0 Å². The van der Waals surface area contributed by atoms with Crippen LogP contribution in [0.1, 0.15) is 0 Å². The minimum Gasteiger partial charge on any atom is -0.494 e. The van der Waals surface area contributed by atoms with E-state index in [-0.39, 0.29) is 5.88 Å². The number of imidazole rings is 1. The molecule has 0 aliphatic rings. The van der Waals surface area contributed by atoms with Crippen molar-refractivity contribution in [3.05, 3.63) is 24.7 Å². The fourth-order valence-corrected chi connectivity index (χ4v) is 0.821. The average Bonchev–Trinajstić information content (AvgIpc) is 2.36. The number of fused-ring (bicyclic) bond motifs is 1. The van der Waals surface area contributed by atoms with Crippen LogP contribution in [0.15, 0.2) is 24.7 Å². The second-order valence-electron chi connectivity index (χ2n) is 1.90. The van der Waals surface area contributed by atoms with Gasteiger partial charge in [-0.3, -0.25) is 4.40 Å². The highest BCUT2D eigenvalue weighted by molar-refractivity contribution is 5.31. The second-order valence-corrected chi connectivity index (χ2v) is 1.90. The Hall–Kier alpha value is -1.58. The number of aromatic hydroxyl groups is 1. The highest BCUT2D eigenvalue weighted by Crippen LogP contribution is 2.07. The van der Waals surface area contributed by atoms with Gasteiger partial charge in [-0.25, -0.2) is 9.97 Å². The van der Waals surface area contributed by atoms with Crippen LogP contribution in [-0.2, 0) is 0 Å². The summed E-state index contributed by atoms with van der Waals surface area (Å²) < 4.78 is 1.50. The molecule has 4 heteroatoms. The Labute approximate surface area is 56.8 Å².